The SMILES string of the molecule is CC(=O)N1CCc2nc(Cl)nc(Nc3ccc(-c4cnn(C5CCCCO5)c4)cc3)c2C1. The van der Waals surface area contributed by atoms with E-state index in [1.165, 1.54) is 6.42 Å². The first-order valence-corrected chi connectivity index (χ1v) is 11.3. The van der Waals surface area contributed by atoms with Crippen LogP contribution in [-0.4, -0.2) is 43.7 Å². The first-order valence-electron chi connectivity index (χ1n) is 10.9. The largest absolute Gasteiger partial charge is 0.357 e. The lowest BCUT2D eigenvalue weighted by molar-refractivity contribution is -0.129. The third-order valence-electron chi connectivity index (χ3n) is 6.01. The molecule has 1 N–H and O–H groups in total. The minimum absolute atomic E-state index is 0.0293. The molecule has 1 fully saturated rings. The molecular formula is C23H25ClN6O2. The Labute approximate surface area is 191 Å². The molecule has 1 saturated heterocycles. The van der Waals surface area contributed by atoms with Gasteiger partial charge in [0.2, 0.25) is 11.2 Å². The first kappa shape index (κ1) is 20.9. The molecule has 1 aromatic carbocycles. The summed E-state index contributed by atoms with van der Waals surface area (Å²) in [4.78, 5) is 22.4. The zero-order chi connectivity index (χ0) is 22.1. The third kappa shape index (κ3) is 4.33. The Morgan fingerprint density at radius 2 is 2.03 bits per heavy atom. The zero-order valence-corrected chi connectivity index (χ0v) is 18.7. The predicted molar refractivity (Wildman–Crippen MR) is 122 cm³/mol. The smallest absolute Gasteiger partial charge is 0.224 e. The molecular weight excluding hydrogens is 428 g/mol. The number of hydrogen-bond acceptors (Lipinski definition) is 6. The average Bonchev–Trinajstić information content (AvgIpc) is 3.30. The van der Waals surface area contributed by atoms with Crippen molar-refractivity contribution in [1.82, 2.24) is 24.6 Å². The van der Waals surface area contributed by atoms with Crippen LogP contribution in [0.2, 0.25) is 5.28 Å². The number of halogens is 1. The maximum atomic E-state index is 11.8. The van der Waals surface area contributed by atoms with Crippen LogP contribution in [0, 0.1) is 0 Å². The second-order valence-electron chi connectivity index (χ2n) is 8.19. The van der Waals surface area contributed by atoms with Crippen molar-refractivity contribution in [3.05, 3.63) is 53.2 Å². The molecule has 2 aliphatic rings. The molecule has 1 amide bonds. The highest BCUT2D eigenvalue weighted by atomic mass is 35.5. The number of amides is 1. The molecule has 0 bridgehead atoms. The van der Waals surface area contributed by atoms with Crippen LogP contribution >= 0.6 is 11.6 Å². The second-order valence-corrected chi connectivity index (χ2v) is 8.53. The number of nitrogens with one attached hydrogen (secondary N) is 1. The molecule has 4 heterocycles. The molecule has 8 nitrogen and oxygen atoms in total. The van der Waals surface area contributed by atoms with Crippen LogP contribution in [-0.2, 0) is 22.5 Å². The summed E-state index contributed by atoms with van der Waals surface area (Å²) in [6.45, 7) is 3.49. The van der Waals surface area contributed by atoms with Gasteiger partial charge in [0, 0.05) is 49.5 Å². The molecule has 0 aliphatic carbocycles. The highest BCUT2D eigenvalue weighted by Gasteiger charge is 2.24. The number of carbonyl (C=O) groups excluding carboxylic acids is 1. The van der Waals surface area contributed by atoms with Crippen molar-refractivity contribution in [2.24, 2.45) is 0 Å². The van der Waals surface area contributed by atoms with Crippen LogP contribution in [0.5, 0.6) is 0 Å². The molecule has 32 heavy (non-hydrogen) atoms. The fourth-order valence-corrected chi connectivity index (χ4v) is 4.40. The summed E-state index contributed by atoms with van der Waals surface area (Å²) in [6.07, 6.45) is 7.89. The van der Waals surface area contributed by atoms with Gasteiger partial charge in [0.05, 0.1) is 18.4 Å². The van der Waals surface area contributed by atoms with Gasteiger partial charge >= 0.3 is 0 Å². The van der Waals surface area contributed by atoms with Crippen LogP contribution in [0.1, 0.15) is 43.7 Å². The van der Waals surface area contributed by atoms with Crippen LogP contribution in [0.4, 0.5) is 11.5 Å². The monoisotopic (exact) mass is 452 g/mol. The Hall–Kier alpha value is -2.97. The maximum absolute atomic E-state index is 11.8. The van der Waals surface area contributed by atoms with Gasteiger partial charge in [-0.05, 0) is 48.6 Å². The molecule has 2 aromatic heterocycles. The molecule has 3 aromatic rings. The number of hydrogen-bond donors (Lipinski definition) is 1. The number of benzene rings is 1. The van der Waals surface area contributed by atoms with E-state index in [0.717, 1.165) is 47.5 Å². The second kappa shape index (κ2) is 8.88. The highest BCUT2D eigenvalue weighted by molar-refractivity contribution is 6.28. The number of aromatic nitrogens is 4. The van der Waals surface area contributed by atoms with Crippen LogP contribution in [0.3, 0.4) is 0 Å². The third-order valence-corrected chi connectivity index (χ3v) is 6.18. The molecule has 9 heteroatoms. The number of anilines is 2. The van der Waals surface area contributed by atoms with Gasteiger partial charge in [0.25, 0.3) is 0 Å². The van der Waals surface area contributed by atoms with Gasteiger partial charge in [-0.1, -0.05) is 12.1 Å². The van der Waals surface area contributed by atoms with Crippen molar-refractivity contribution >= 4 is 29.0 Å². The average molecular weight is 453 g/mol. The van der Waals surface area contributed by atoms with E-state index in [0.29, 0.717) is 25.3 Å². The van der Waals surface area contributed by atoms with E-state index < -0.39 is 0 Å². The van der Waals surface area contributed by atoms with Gasteiger partial charge < -0.3 is 15.0 Å². The number of nitrogens with zero attached hydrogens (tertiary/aromatic N) is 5. The first-order chi connectivity index (χ1) is 15.6. The number of carbonyl (C=O) groups is 1. The van der Waals surface area contributed by atoms with Crippen molar-refractivity contribution in [2.75, 3.05) is 18.5 Å². The summed E-state index contributed by atoms with van der Waals surface area (Å²) < 4.78 is 7.73. The van der Waals surface area contributed by atoms with E-state index in [1.54, 1.807) is 11.8 Å². The fourth-order valence-electron chi connectivity index (χ4n) is 4.22. The molecule has 0 radical (unpaired) electrons. The minimum Gasteiger partial charge on any atom is -0.357 e. The van der Waals surface area contributed by atoms with E-state index in [4.69, 9.17) is 16.3 Å². The summed E-state index contributed by atoms with van der Waals surface area (Å²) in [5.41, 5.74) is 4.80. The Balaban J connectivity index is 1.34. The summed E-state index contributed by atoms with van der Waals surface area (Å²) in [5, 5.41) is 8.06. The van der Waals surface area contributed by atoms with Gasteiger partial charge in [0.15, 0.2) is 0 Å². The van der Waals surface area contributed by atoms with E-state index >= 15 is 0 Å². The minimum atomic E-state index is 0.0293. The summed E-state index contributed by atoms with van der Waals surface area (Å²) in [6, 6.07) is 8.08. The predicted octanol–water partition coefficient (Wildman–Crippen LogP) is 4.34. The van der Waals surface area contributed by atoms with Gasteiger partial charge in [-0.15, -0.1) is 0 Å². The Morgan fingerprint density at radius 3 is 2.78 bits per heavy atom. The molecule has 0 saturated carbocycles. The topological polar surface area (TPSA) is 85.2 Å². The van der Waals surface area contributed by atoms with Crippen molar-refractivity contribution in [2.45, 2.75) is 45.4 Å². The van der Waals surface area contributed by atoms with Gasteiger partial charge in [0.1, 0.15) is 12.0 Å². The molecule has 166 valence electrons. The Bertz CT molecular complexity index is 1120. The lowest BCUT2D eigenvalue weighted by Gasteiger charge is -2.28. The van der Waals surface area contributed by atoms with E-state index in [2.05, 4.69) is 20.4 Å². The van der Waals surface area contributed by atoms with Crippen LogP contribution in [0.25, 0.3) is 11.1 Å². The normalized spacial score (nSPS) is 18.3. The quantitative estimate of drug-likeness (QED) is 0.592. The van der Waals surface area contributed by atoms with Gasteiger partial charge in [-0.2, -0.15) is 5.10 Å². The number of rotatable bonds is 4. The van der Waals surface area contributed by atoms with Crippen molar-refractivity contribution in [1.29, 1.82) is 0 Å². The summed E-state index contributed by atoms with van der Waals surface area (Å²) in [7, 11) is 0. The van der Waals surface area contributed by atoms with Gasteiger partial charge in [-0.3, -0.25) is 4.79 Å². The molecule has 0 spiro atoms. The van der Waals surface area contributed by atoms with Crippen LogP contribution < -0.4 is 5.32 Å². The van der Waals surface area contributed by atoms with Crippen molar-refractivity contribution < 1.29 is 9.53 Å². The summed E-state index contributed by atoms with van der Waals surface area (Å²) >= 11 is 6.16. The summed E-state index contributed by atoms with van der Waals surface area (Å²) in [5.74, 6) is 0.682. The van der Waals surface area contributed by atoms with E-state index in [-0.39, 0.29) is 17.4 Å². The van der Waals surface area contributed by atoms with E-state index in [1.807, 2.05) is 41.3 Å². The lowest BCUT2D eigenvalue weighted by atomic mass is 10.1. The number of fused-ring (bicyclic) bond motifs is 1. The maximum Gasteiger partial charge on any atom is 0.224 e. The molecule has 1 atom stereocenters. The Kier molecular flexibility index (Phi) is 5.80. The molecule has 5 rings (SSSR count). The highest BCUT2D eigenvalue weighted by Crippen LogP contribution is 2.30. The van der Waals surface area contributed by atoms with Crippen molar-refractivity contribution in [3.8, 4) is 11.1 Å². The number of ether oxygens (including phenoxy) is 1. The lowest BCUT2D eigenvalue weighted by Crippen LogP contribution is -2.35. The standard InChI is InChI=1S/C23H25ClN6O2/c1-15(31)29-10-9-20-19(14-29)22(28-23(24)27-20)26-18-7-5-16(6-8-18)17-12-25-30(13-17)21-4-2-3-11-32-21/h5-8,12-13,21H,2-4,9-11,14H2,1H3,(H,26,27,28). The van der Waals surface area contributed by atoms with Crippen LogP contribution in [0.15, 0.2) is 36.7 Å². The Morgan fingerprint density at radius 1 is 1.19 bits per heavy atom. The zero-order valence-electron chi connectivity index (χ0n) is 17.9. The fraction of sp³-hybridized carbons (Fsp3) is 0.391. The van der Waals surface area contributed by atoms with E-state index in [9.17, 15) is 4.79 Å². The molecule has 1 unspecified atom stereocenters. The van der Waals surface area contributed by atoms with Crippen molar-refractivity contribution in [3.63, 3.8) is 0 Å². The van der Waals surface area contributed by atoms with Gasteiger partial charge in [-0.25, -0.2) is 14.6 Å². The molecule has 2 aliphatic heterocycles.